The van der Waals surface area contributed by atoms with E-state index in [1.165, 1.54) is 0 Å². The number of rotatable bonds is 7. The molecule has 0 saturated heterocycles. The summed E-state index contributed by atoms with van der Waals surface area (Å²) < 4.78 is 26.0. The first-order chi connectivity index (χ1) is 8.46. The molecule has 0 amide bonds. The monoisotopic (exact) mass is 291 g/mol. The fourth-order valence-electron chi connectivity index (χ4n) is 1.51. The van der Waals surface area contributed by atoms with Crippen LogP contribution in [0.1, 0.15) is 12.5 Å². The summed E-state index contributed by atoms with van der Waals surface area (Å²) in [6.45, 7) is 1.87. The van der Waals surface area contributed by atoms with Crippen molar-refractivity contribution < 1.29 is 13.5 Å². The Bertz CT molecular complexity index is 459. The Kier molecular flexibility index (Phi) is 5.91. The molecule has 18 heavy (non-hydrogen) atoms. The van der Waals surface area contributed by atoms with Crippen molar-refractivity contribution in [3.63, 3.8) is 0 Å². The fraction of sp³-hybridized carbons (Fsp3) is 0.500. The zero-order chi connectivity index (χ0) is 13.6. The van der Waals surface area contributed by atoms with E-state index in [0.29, 0.717) is 18.0 Å². The van der Waals surface area contributed by atoms with Crippen molar-refractivity contribution in [3.8, 4) is 0 Å². The van der Waals surface area contributed by atoms with E-state index < -0.39 is 10.0 Å². The van der Waals surface area contributed by atoms with Crippen molar-refractivity contribution in [1.29, 1.82) is 0 Å². The Hall–Kier alpha value is -0.780. The van der Waals surface area contributed by atoms with Crippen molar-refractivity contribution in [2.24, 2.45) is 5.92 Å². The summed E-state index contributed by atoms with van der Waals surface area (Å²) >= 11 is 5.60. The third-order valence-electron chi connectivity index (χ3n) is 2.40. The van der Waals surface area contributed by atoms with Crippen molar-refractivity contribution in [2.75, 3.05) is 23.0 Å². The second-order valence-corrected chi connectivity index (χ2v) is 6.39. The van der Waals surface area contributed by atoms with Gasteiger partial charge in [-0.05, 0) is 30.0 Å². The number of aliphatic hydroxyl groups is 1. The Morgan fingerprint density at radius 1 is 1.33 bits per heavy atom. The third-order valence-corrected chi connectivity index (χ3v) is 4.48. The van der Waals surface area contributed by atoms with Crippen LogP contribution in [0.25, 0.3) is 0 Å². The van der Waals surface area contributed by atoms with Gasteiger partial charge in [0, 0.05) is 18.2 Å². The molecule has 0 aliphatic heterocycles. The van der Waals surface area contributed by atoms with E-state index in [0.717, 1.165) is 5.56 Å². The predicted octanol–water partition coefficient (Wildman–Crippen LogP) is 1.84. The first-order valence-corrected chi connectivity index (χ1v) is 7.92. The predicted molar refractivity (Wildman–Crippen MR) is 74.5 cm³/mol. The smallest absolute Gasteiger partial charge is 0.233 e. The summed E-state index contributed by atoms with van der Waals surface area (Å²) in [5, 5.41) is 8.78. The lowest BCUT2D eigenvalue weighted by molar-refractivity contribution is 0.299. The van der Waals surface area contributed by atoms with Crippen LogP contribution in [0, 0.1) is 5.92 Å². The molecule has 1 unspecified atom stereocenters. The number of anilines is 1. The van der Waals surface area contributed by atoms with Crippen molar-refractivity contribution in [2.45, 2.75) is 13.3 Å². The van der Waals surface area contributed by atoms with Gasteiger partial charge in [0.25, 0.3) is 0 Å². The first-order valence-electron chi connectivity index (χ1n) is 5.73. The molecule has 0 fully saturated rings. The van der Waals surface area contributed by atoms with Gasteiger partial charge in [0.15, 0.2) is 0 Å². The van der Waals surface area contributed by atoms with Gasteiger partial charge in [-0.1, -0.05) is 19.1 Å². The van der Waals surface area contributed by atoms with E-state index in [1.54, 1.807) is 31.2 Å². The molecule has 0 heterocycles. The minimum Gasteiger partial charge on any atom is -0.396 e. The van der Waals surface area contributed by atoms with Crippen LogP contribution in [-0.2, 0) is 16.4 Å². The minimum atomic E-state index is -3.35. The number of halogens is 1. The molecule has 1 aromatic rings. The van der Waals surface area contributed by atoms with Crippen molar-refractivity contribution in [3.05, 3.63) is 29.8 Å². The van der Waals surface area contributed by atoms with Crippen LogP contribution in [0.2, 0.25) is 0 Å². The number of nitrogens with one attached hydrogen (secondary N) is 1. The van der Waals surface area contributed by atoms with E-state index in [2.05, 4.69) is 4.72 Å². The van der Waals surface area contributed by atoms with Crippen LogP contribution >= 0.6 is 11.6 Å². The number of aliphatic hydroxyl groups excluding tert-OH is 1. The first kappa shape index (κ1) is 15.3. The number of hydrogen-bond donors (Lipinski definition) is 2. The quantitative estimate of drug-likeness (QED) is 0.753. The lowest BCUT2D eigenvalue weighted by atomic mass is 10.1. The summed E-state index contributed by atoms with van der Waals surface area (Å²) in [7, 11) is -3.35. The number of alkyl halides is 1. The number of sulfonamides is 1. The highest BCUT2D eigenvalue weighted by Crippen LogP contribution is 2.13. The van der Waals surface area contributed by atoms with Gasteiger partial charge in [-0.25, -0.2) is 8.42 Å². The van der Waals surface area contributed by atoms with Gasteiger partial charge in [0.05, 0.1) is 5.75 Å². The normalized spacial score (nSPS) is 13.3. The number of benzene rings is 1. The zero-order valence-corrected chi connectivity index (χ0v) is 11.8. The molecule has 0 aromatic heterocycles. The van der Waals surface area contributed by atoms with E-state index in [-0.39, 0.29) is 18.3 Å². The topological polar surface area (TPSA) is 66.4 Å². The van der Waals surface area contributed by atoms with Crippen LogP contribution in [-0.4, -0.2) is 31.8 Å². The highest BCUT2D eigenvalue weighted by molar-refractivity contribution is 7.92. The third kappa shape index (κ3) is 5.25. The maximum atomic E-state index is 11.8. The standard InChI is InChI=1S/C12H18ClNO3S/c1-10(8-13)9-18(16,17)14-12-4-2-11(3-5-12)6-7-15/h2-5,10,14-15H,6-9H2,1H3. The molecule has 0 aliphatic rings. The SMILES string of the molecule is CC(CCl)CS(=O)(=O)Nc1ccc(CCO)cc1. The Morgan fingerprint density at radius 2 is 1.94 bits per heavy atom. The lowest BCUT2D eigenvalue weighted by Crippen LogP contribution is -2.22. The van der Waals surface area contributed by atoms with Gasteiger partial charge in [0.2, 0.25) is 10.0 Å². The zero-order valence-electron chi connectivity index (χ0n) is 10.3. The molecule has 0 saturated carbocycles. The highest BCUT2D eigenvalue weighted by atomic mass is 35.5. The van der Waals surface area contributed by atoms with Gasteiger partial charge >= 0.3 is 0 Å². The fourth-order valence-corrected chi connectivity index (χ4v) is 3.19. The molecule has 102 valence electrons. The molecule has 0 aliphatic carbocycles. The molecular weight excluding hydrogens is 274 g/mol. The van der Waals surface area contributed by atoms with Crippen LogP contribution in [0.3, 0.4) is 0 Å². The maximum absolute atomic E-state index is 11.8. The highest BCUT2D eigenvalue weighted by Gasteiger charge is 2.14. The summed E-state index contributed by atoms with van der Waals surface area (Å²) in [5.41, 5.74) is 1.49. The van der Waals surface area contributed by atoms with Crippen molar-refractivity contribution >= 4 is 27.3 Å². The molecule has 0 bridgehead atoms. The second-order valence-electron chi connectivity index (χ2n) is 4.31. The van der Waals surface area contributed by atoms with E-state index in [9.17, 15) is 8.42 Å². The van der Waals surface area contributed by atoms with Gasteiger partial charge < -0.3 is 5.11 Å². The maximum Gasteiger partial charge on any atom is 0.233 e. The molecule has 1 aromatic carbocycles. The average Bonchev–Trinajstić information content (AvgIpc) is 2.31. The van der Waals surface area contributed by atoms with E-state index in [1.807, 2.05) is 0 Å². The molecular formula is C12H18ClNO3S. The Morgan fingerprint density at radius 3 is 2.44 bits per heavy atom. The largest absolute Gasteiger partial charge is 0.396 e. The molecule has 2 N–H and O–H groups in total. The summed E-state index contributed by atoms with van der Waals surface area (Å²) in [6.07, 6.45) is 0.566. The van der Waals surface area contributed by atoms with Gasteiger partial charge in [0.1, 0.15) is 0 Å². The molecule has 0 spiro atoms. The summed E-state index contributed by atoms with van der Waals surface area (Å²) in [4.78, 5) is 0. The van der Waals surface area contributed by atoms with Gasteiger partial charge in [-0.2, -0.15) is 0 Å². The van der Waals surface area contributed by atoms with Crippen molar-refractivity contribution in [1.82, 2.24) is 0 Å². The molecule has 1 atom stereocenters. The van der Waals surface area contributed by atoms with Crippen LogP contribution in [0.5, 0.6) is 0 Å². The molecule has 0 radical (unpaired) electrons. The Balaban J connectivity index is 2.66. The van der Waals surface area contributed by atoms with Crippen LogP contribution in [0.15, 0.2) is 24.3 Å². The molecule has 6 heteroatoms. The minimum absolute atomic E-state index is 0.00882. The molecule has 4 nitrogen and oxygen atoms in total. The van der Waals surface area contributed by atoms with Crippen LogP contribution < -0.4 is 4.72 Å². The Labute approximate surface area is 113 Å². The number of hydrogen-bond acceptors (Lipinski definition) is 3. The second kappa shape index (κ2) is 6.97. The van der Waals surface area contributed by atoms with Crippen LogP contribution in [0.4, 0.5) is 5.69 Å². The average molecular weight is 292 g/mol. The van der Waals surface area contributed by atoms with Gasteiger partial charge in [-0.15, -0.1) is 11.6 Å². The summed E-state index contributed by atoms with van der Waals surface area (Å²) in [6, 6.07) is 6.96. The summed E-state index contributed by atoms with van der Waals surface area (Å²) in [5.74, 6) is 0.239. The lowest BCUT2D eigenvalue weighted by Gasteiger charge is -2.11. The van der Waals surface area contributed by atoms with E-state index in [4.69, 9.17) is 16.7 Å². The van der Waals surface area contributed by atoms with E-state index >= 15 is 0 Å². The molecule has 1 rings (SSSR count). The van der Waals surface area contributed by atoms with Gasteiger partial charge in [-0.3, -0.25) is 4.72 Å².